The summed E-state index contributed by atoms with van der Waals surface area (Å²) in [5.74, 6) is -0.675. The monoisotopic (exact) mass is 247 g/mol. The Balaban J connectivity index is 0. The molecule has 0 rings (SSSR count). The van der Waals surface area contributed by atoms with Gasteiger partial charge >= 0.3 is 5.97 Å². The van der Waals surface area contributed by atoms with Crippen LogP contribution in [0.5, 0.6) is 0 Å². The molecule has 0 aliphatic carbocycles. The predicted octanol–water partition coefficient (Wildman–Crippen LogP) is 2.39. The number of nitrogens with two attached hydrogens (primary N) is 1. The lowest BCUT2D eigenvalue weighted by Crippen LogP contribution is -2.14. The fraction of sp³-hybridized carbons (Fsp3) is 0.923. The lowest BCUT2D eigenvalue weighted by Gasteiger charge is -2.17. The molecule has 0 aromatic carbocycles. The van der Waals surface area contributed by atoms with Crippen LogP contribution in [-0.4, -0.2) is 28.8 Å². The minimum atomic E-state index is -0.675. The van der Waals surface area contributed by atoms with Crippen LogP contribution in [0.4, 0.5) is 0 Å². The number of carboxylic acid groups (broad SMARTS) is 1. The van der Waals surface area contributed by atoms with E-state index >= 15 is 0 Å². The Hall–Kier alpha value is -0.610. The molecular weight excluding hydrogens is 218 g/mol. The summed E-state index contributed by atoms with van der Waals surface area (Å²) in [5.41, 5.74) is 5.31. The van der Waals surface area contributed by atoms with Crippen LogP contribution in [-0.2, 0) is 4.79 Å². The molecule has 0 aromatic rings. The quantitative estimate of drug-likeness (QED) is 0.629. The van der Waals surface area contributed by atoms with Gasteiger partial charge in [-0.3, -0.25) is 4.79 Å². The van der Waals surface area contributed by atoms with Crippen molar-refractivity contribution in [2.24, 2.45) is 11.1 Å². The van der Waals surface area contributed by atoms with Gasteiger partial charge in [0.2, 0.25) is 0 Å². The molecule has 0 fully saturated rings. The highest BCUT2D eigenvalue weighted by Crippen LogP contribution is 2.22. The Labute approximate surface area is 105 Å². The topological polar surface area (TPSA) is 83.5 Å². The van der Waals surface area contributed by atoms with E-state index in [0.29, 0.717) is 18.4 Å². The lowest BCUT2D eigenvalue weighted by molar-refractivity contribution is -0.137. The first-order valence-electron chi connectivity index (χ1n) is 6.29. The smallest absolute Gasteiger partial charge is 0.303 e. The molecule has 17 heavy (non-hydrogen) atoms. The zero-order chi connectivity index (χ0) is 13.9. The minimum absolute atomic E-state index is 0.324. The highest BCUT2D eigenvalue weighted by Gasteiger charge is 2.08. The number of aliphatic carboxylic acids is 1. The van der Waals surface area contributed by atoms with Crippen molar-refractivity contribution in [2.75, 3.05) is 6.54 Å². The molecular formula is C13H29NO3. The van der Waals surface area contributed by atoms with Crippen LogP contribution in [0.2, 0.25) is 0 Å². The van der Waals surface area contributed by atoms with Gasteiger partial charge in [0.05, 0.1) is 6.10 Å². The summed E-state index contributed by atoms with van der Waals surface area (Å²) in [4.78, 5) is 10.2. The molecule has 0 spiro atoms. The summed E-state index contributed by atoms with van der Waals surface area (Å²) in [6, 6.07) is 0. The summed E-state index contributed by atoms with van der Waals surface area (Å²) in [5, 5.41) is 16.6. The number of carboxylic acids is 1. The van der Waals surface area contributed by atoms with Crippen molar-refractivity contribution in [1.82, 2.24) is 0 Å². The van der Waals surface area contributed by atoms with Gasteiger partial charge in [0.25, 0.3) is 0 Å². The van der Waals surface area contributed by atoms with Crippen molar-refractivity contribution in [3.63, 3.8) is 0 Å². The highest BCUT2D eigenvalue weighted by molar-refractivity contribution is 5.66. The Morgan fingerprint density at radius 2 is 1.71 bits per heavy atom. The molecule has 4 nitrogen and oxygen atoms in total. The molecule has 0 aromatic heterocycles. The zero-order valence-corrected chi connectivity index (χ0v) is 11.7. The first kappa shape index (κ1) is 18.7. The molecule has 104 valence electrons. The second kappa shape index (κ2) is 10.5. The summed E-state index contributed by atoms with van der Waals surface area (Å²) in [6.07, 6.45) is 4.19. The van der Waals surface area contributed by atoms with Crippen molar-refractivity contribution < 1.29 is 15.0 Å². The van der Waals surface area contributed by atoms with Crippen molar-refractivity contribution in [3.05, 3.63) is 0 Å². The average molecular weight is 247 g/mol. The molecule has 0 saturated heterocycles. The molecule has 1 unspecified atom stereocenters. The third-order valence-electron chi connectivity index (χ3n) is 2.16. The van der Waals surface area contributed by atoms with E-state index in [1.165, 1.54) is 6.42 Å². The Kier molecular flexibility index (Phi) is 11.6. The van der Waals surface area contributed by atoms with Crippen LogP contribution in [0.15, 0.2) is 0 Å². The van der Waals surface area contributed by atoms with Crippen molar-refractivity contribution in [3.8, 4) is 0 Å². The van der Waals surface area contributed by atoms with Crippen LogP contribution < -0.4 is 5.73 Å². The van der Waals surface area contributed by atoms with E-state index in [4.69, 9.17) is 15.9 Å². The number of aliphatic hydroxyl groups is 1. The zero-order valence-electron chi connectivity index (χ0n) is 11.7. The summed E-state index contributed by atoms with van der Waals surface area (Å²) < 4.78 is 0. The Morgan fingerprint density at radius 3 is 2.00 bits per heavy atom. The van der Waals surface area contributed by atoms with Crippen LogP contribution >= 0.6 is 0 Å². The van der Waals surface area contributed by atoms with Crippen molar-refractivity contribution >= 4 is 5.97 Å². The molecule has 0 saturated carbocycles. The van der Waals surface area contributed by atoms with Crippen molar-refractivity contribution in [2.45, 2.75) is 65.9 Å². The van der Waals surface area contributed by atoms with Crippen molar-refractivity contribution in [1.29, 1.82) is 0 Å². The van der Waals surface area contributed by atoms with Crippen LogP contribution in [0.3, 0.4) is 0 Å². The number of hydrogen-bond acceptors (Lipinski definition) is 3. The van der Waals surface area contributed by atoms with Gasteiger partial charge in [0.1, 0.15) is 0 Å². The maximum Gasteiger partial charge on any atom is 0.303 e. The van der Waals surface area contributed by atoms with Gasteiger partial charge in [-0.15, -0.1) is 0 Å². The molecule has 0 aliphatic rings. The normalized spacial score (nSPS) is 12.6. The molecule has 1 atom stereocenters. The standard InChI is InChI=1S/C10H20O2.C3H9NO/c1-10(2,3)8-6-4-5-7-9(11)12;1-3(5)2-4/h4-8H2,1-3H3,(H,11,12);3,5H,2,4H2,1H3. The predicted molar refractivity (Wildman–Crippen MR) is 70.9 cm³/mol. The van der Waals surface area contributed by atoms with E-state index in [-0.39, 0.29) is 6.10 Å². The van der Waals surface area contributed by atoms with Gasteiger partial charge in [-0.25, -0.2) is 0 Å². The summed E-state index contributed by atoms with van der Waals surface area (Å²) >= 11 is 0. The van der Waals surface area contributed by atoms with Gasteiger partial charge < -0.3 is 15.9 Å². The van der Waals surface area contributed by atoms with E-state index in [1.807, 2.05) is 0 Å². The molecule has 0 aliphatic heterocycles. The SMILES string of the molecule is CC(C)(C)CCCCCC(=O)O.CC(O)CN. The number of hydrogen-bond donors (Lipinski definition) is 3. The highest BCUT2D eigenvalue weighted by atomic mass is 16.4. The molecule has 4 heteroatoms. The fourth-order valence-electron chi connectivity index (χ4n) is 1.11. The Morgan fingerprint density at radius 1 is 1.24 bits per heavy atom. The van der Waals surface area contributed by atoms with E-state index in [9.17, 15) is 4.79 Å². The fourth-order valence-corrected chi connectivity index (χ4v) is 1.11. The van der Waals surface area contributed by atoms with Gasteiger partial charge in [-0.05, 0) is 25.2 Å². The van der Waals surface area contributed by atoms with E-state index in [1.54, 1.807) is 6.92 Å². The number of aliphatic hydroxyl groups excluding tert-OH is 1. The van der Waals surface area contributed by atoms with E-state index in [0.717, 1.165) is 19.3 Å². The largest absolute Gasteiger partial charge is 0.481 e. The second-order valence-corrected chi connectivity index (χ2v) is 5.60. The summed E-state index contributed by atoms with van der Waals surface area (Å²) in [6.45, 7) is 8.65. The van der Waals surface area contributed by atoms with E-state index in [2.05, 4.69) is 20.8 Å². The molecule has 0 amide bonds. The number of rotatable bonds is 6. The maximum atomic E-state index is 10.2. The van der Waals surface area contributed by atoms with Crippen LogP contribution in [0, 0.1) is 5.41 Å². The first-order chi connectivity index (χ1) is 7.69. The van der Waals surface area contributed by atoms with Crippen LogP contribution in [0.25, 0.3) is 0 Å². The van der Waals surface area contributed by atoms with Gasteiger partial charge in [0.15, 0.2) is 0 Å². The molecule has 0 bridgehead atoms. The number of carbonyl (C=O) groups is 1. The molecule has 0 heterocycles. The van der Waals surface area contributed by atoms with E-state index < -0.39 is 5.97 Å². The third kappa shape index (κ3) is 25.6. The number of unbranched alkanes of at least 4 members (excludes halogenated alkanes) is 2. The first-order valence-corrected chi connectivity index (χ1v) is 6.29. The van der Waals surface area contributed by atoms with Gasteiger partial charge in [-0.2, -0.15) is 0 Å². The Bertz CT molecular complexity index is 186. The van der Waals surface area contributed by atoms with Gasteiger partial charge in [-0.1, -0.05) is 33.6 Å². The molecule has 4 N–H and O–H groups in total. The average Bonchev–Trinajstić information content (AvgIpc) is 2.16. The lowest BCUT2D eigenvalue weighted by atomic mass is 9.89. The second-order valence-electron chi connectivity index (χ2n) is 5.60. The third-order valence-corrected chi connectivity index (χ3v) is 2.16. The summed E-state index contributed by atoms with van der Waals surface area (Å²) in [7, 11) is 0. The van der Waals surface area contributed by atoms with Crippen LogP contribution in [0.1, 0.15) is 59.8 Å². The van der Waals surface area contributed by atoms with Gasteiger partial charge in [0, 0.05) is 13.0 Å². The minimum Gasteiger partial charge on any atom is -0.481 e. The maximum absolute atomic E-state index is 10.2. The molecule has 0 radical (unpaired) electrons.